The molecule has 1 N–H and O–H groups in total. The van der Waals surface area contributed by atoms with Gasteiger partial charge in [-0.05, 0) is 38.5 Å². The summed E-state index contributed by atoms with van der Waals surface area (Å²) in [6, 6.07) is 7.16. The third-order valence-corrected chi connectivity index (χ3v) is 5.14. The Morgan fingerprint density at radius 1 is 1.31 bits per heavy atom. The molecule has 1 unspecified atom stereocenters. The fourth-order valence-electron chi connectivity index (χ4n) is 3.86. The lowest BCUT2D eigenvalue weighted by Gasteiger charge is -2.16. The van der Waals surface area contributed by atoms with Crippen molar-refractivity contribution in [2.75, 3.05) is 6.61 Å². The quantitative estimate of drug-likeness (QED) is 0.571. The van der Waals surface area contributed by atoms with Gasteiger partial charge in [-0.1, -0.05) is 0 Å². The summed E-state index contributed by atoms with van der Waals surface area (Å²) in [6.07, 6.45) is 6.07. The maximum atomic E-state index is 12.3. The SMILES string of the molecule is CC1(C)CC(c2nc(Cn3cccn3)nn2-c2cc(=O)[nH]c3ncccc23)CO1. The van der Waals surface area contributed by atoms with Gasteiger partial charge in [-0.2, -0.15) is 5.10 Å². The molecule has 5 heterocycles. The Kier molecular flexibility index (Phi) is 4.06. The van der Waals surface area contributed by atoms with E-state index < -0.39 is 0 Å². The molecular formula is C20H21N7O2. The molecule has 9 nitrogen and oxygen atoms in total. The van der Waals surface area contributed by atoms with Gasteiger partial charge in [-0.25, -0.2) is 14.6 Å². The van der Waals surface area contributed by atoms with Crippen molar-refractivity contribution < 1.29 is 4.74 Å². The van der Waals surface area contributed by atoms with Crippen molar-refractivity contribution in [2.45, 2.75) is 38.3 Å². The summed E-state index contributed by atoms with van der Waals surface area (Å²) in [5.41, 5.74) is 0.731. The van der Waals surface area contributed by atoms with E-state index in [1.165, 1.54) is 0 Å². The molecule has 5 rings (SSSR count). The molecule has 0 radical (unpaired) electrons. The van der Waals surface area contributed by atoms with Crippen LogP contribution in [0.15, 0.2) is 47.7 Å². The van der Waals surface area contributed by atoms with Gasteiger partial charge in [0.25, 0.3) is 5.56 Å². The smallest absolute Gasteiger partial charge is 0.251 e. The minimum absolute atomic E-state index is 0.0786. The van der Waals surface area contributed by atoms with Crippen LogP contribution in [0.3, 0.4) is 0 Å². The average Bonchev–Trinajstić information content (AvgIpc) is 3.41. The zero-order valence-corrected chi connectivity index (χ0v) is 16.2. The molecule has 1 saturated heterocycles. The highest BCUT2D eigenvalue weighted by molar-refractivity contribution is 5.83. The van der Waals surface area contributed by atoms with Crippen molar-refractivity contribution in [3.63, 3.8) is 0 Å². The Bertz CT molecular complexity index is 1220. The van der Waals surface area contributed by atoms with E-state index in [2.05, 4.69) is 28.9 Å². The van der Waals surface area contributed by atoms with Gasteiger partial charge in [0.15, 0.2) is 5.82 Å². The van der Waals surface area contributed by atoms with Crippen LogP contribution in [-0.4, -0.2) is 46.7 Å². The zero-order chi connectivity index (χ0) is 20.0. The first kappa shape index (κ1) is 17.7. The monoisotopic (exact) mass is 391 g/mol. The molecule has 0 aliphatic carbocycles. The van der Waals surface area contributed by atoms with Gasteiger partial charge < -0.3 is 9.72 Å². The molecule has 4 aromatic rings. The molecule has 0 saturated carbocycles. The van der Waals surface area contributed by atoms with E-state index >= 15 is 0 Å². The number of aromatic nitrogens is 7. The number of ether oxygens (including phenoxy) is 1. The van der Waals surface area contributed by atoms with Gasteiger partial charge >= 0.3 is 0 Å². The number of H-pyrrole nitrogens is 1. The van der Waals surface area contributed by atoms with Crippen LogP contribution < -0.4 is 5.56 Å². The molecule has 0 bridgehead atoms. The number of fused-ring (bicyclic) bond motifs is 1. The summed E-state index contributed by atoms with van der Waals surface area (Å²) in [6.45, 7) is 5.16. The van der Waals surface area contributed by atoms with Crippen molar-refractivity contribution in [1.29, 1.82) is 0 Å². The number of rotatable bonds is 4. The van der Waals surface area contributed by atoms with E-state index in [0.717, 1.165) is 17.6 Å². The molecule has 1 aliphatic heterocycles. The van der Waals surface area contributed by atoms with Crippen LogP contribution in [0, 0.1) is 0 Å². The fourth-order valence-corrected chi connectivity index (χ4v) is 3.86. The average molecular weight is 391 g/mol. The van der Waals surface area contributed by atoms with E-state index in [1.54, 1.807) is 27.8 Å². The first-order valence-corrected chi connectivity index (χ1v) is 9.54. The molecular weight excluding hydrogens is 370 g/mol. The van der Waals surface area contributed by atoms with Crippen LogP contribution in [0.1, 0.15) is 37.8 Å². The Morgan fingerprint density at radius 2 is 2.21 bits per heavy atom. The molecule has 0 aromatic carbocycles. The number of nitrogens with one attached hydrogen (secondary N) is 1. The predicted octanol–water partition coefficient (Wildman–Crippen LogP) is 2.03. The van der Waals surface area contributed by atoms with Gasteiger partial charge in [0, 0.05) is 36.0 Å². The molecule has 0 amide bonds. The maximum absolute atomic E-state index is 12.3. The molecule has 1 atom stereocenters. The lowest BCUT2D eigenvalue weighted by molar-refractivity contribution is 0.0360. The standard InChI is InChI=1S/C20H21N7O2/c1-20(2)10-13(12-29-20)19-23-16(11-26-8-4-7-22-26)25-27(19)15-9-17(28)24-18-14(15)5-3-6-21-18/h3-9,13H,10-12H2,1-2H3,(H,21,24,28). The summed E-state index contributed by atoms with van der Waals surface area (Å²) in [5, 5.41) is 9.80. The van der Waals surface area contributed by atoms with Gasteiger partial charge in [0.2, 0.25) is 0 Å². The highest BCUT2D eigenvalue weighted by Gasteiger charge is 2.36. The van der Waals surface area contributed by atoms with Crippen LogP contribution in [0.25, 0.3) is 16.7 Å². The lowest BCUT2D eigenvalue weighted by Crippen LogP contribution is -2.17. The summed E-state index contributed by atoms with van der Waals surface area (Å²) < 4.78 is 9.49. The number of pyridine rings is 2. The second-order valence-electron chi connectivity index (χ2n) is 7.89. The molecule has 1 aliphatic rings. The van der Waals surface area contributed by atoms with E-state index in [1.807, 2.05) is 24.4 Å². The Hall–Kier alpha value is -3.33. The fraction of sp³-hybridized carbons (Fsp3) is 0.350. The van der Waals surface area contributed by atoms with Crippen molar-refractivity contribution in [3.8, 4) is 5.69 Å². The maximum Gasteiger partial charge on any atom is 0.251 e. The summed E-state index contributed by atoms with van der Waals surface area (Å²) in [4.78, 5) is 24.2. The van der Waals surface area contributed by atoms with Crippen LogP contribution in [-0.2, 0) is 11.3 Å². The van der Waals surface area contributed by atoms with Crippen LogP contribution in [0.5, 0.6) is 0 Å². The Labute approximate surface area is 166 Å². The summed E-state index contributed by atoms with van der Waals surface area (Å²) >= 11 is 0. The molecule has 9 heteroatoms. The first-order chi connectivity index (χ1) is 14.0. The van der Waals surface area contributed by atoms with E-state index in [4.69, 9.17) is 14.8 Å². The molecule has 148 valence electrons. The summed E-state index contributed by atoms with van der Waals surface area (Å²) in [5.74, 6) is 1.49. The molecule has 1 fully saturated rings. The van der Waals surface area contributed by atoms with Gasteiger partial charge in [-0.15, -0.1) is 5.10 Å². The van der Waals surface area contributed by atoms with Crippen molar-refractivity contribution in [3.05, 3.63) is 64.9 Å². The normalized spacial score (nSPS) is 18.5. The van der Waals surface area contributed by atoms with Crippen LogP contribution in [0.2, 0.25) is 0 Å². The van der Waals surface area contributed by atoms with Gasteiger partial charge in [-0.3, -0.25) is 9.48 Å². The van der Waals surface area contributed by atoms with Gasteiger partial charge in [0.1, 0.15) is 18.0 Å². The lowest BCUT2D eigenvalue weighted by atomic mass is 9.97. The second-order valence-corrected chi connectivity index (χ2v) is 7.89. The highest BCUT2D eigenvalue weighted by Crippen LogP contribution is 2.36. The minimum Gasteiger partial charge on any atom is -0.375 e. The number of hydrogen-bond acceptors (Lipinski definition) is 6. The first-order valence-electron chi connectivity index (χ1n) is 9.54. The van der Waals surface area contributed by atoms with Crippen molar-refractivity contribution in [2.24, 2.45) is 0 Å². The van der Waals surface area contributed by atoms with E-state index in [0.29, 0.717) is 30.3 Å². The minimum atomic E-state index is -0.232. The topological polar surface area (TPSA) is 104 Å². The van der Waals surface area contributed by atoms with E-state index in [9.17, 15) is 4.79 Å². The third-order valence-electron chi connectivity index (χ3n) is 5.14. The molecule has 29 heavy (non-hydrogen) atoms. The summed E-state index contributed by atoms with van der Waals surface area (Å²) in [7, 11) is 0. The van der Waals surface area contributed by atoms with Crippen molar-refractivity contribution in [1.82, 2.24) is 34.5 Å². The number of aromatic amines is 1. The Balaban J connectivity index is 1.67. The molecule has 4 aromatic heterocycles. The zero-order valence-electron chi connectivity index (χ0n) is 16.2. The second kappa shape index (κ2) is 6.63. The van der Waals surface area contributed by atoms with Gasteiger partial charge in [0.05, 0.1) is 17.9 Å². The Morgan fingerprint density at radius 3 is 2.97 bits per heavy atom. The number of hydrogen-bond donors (Lipinski definition) is 1. The number of nitrogens with zero attached hydrogens (tertiary/aromatic N) is 6. The third kappa shape index (κ3) is 3.33. The largest absolute Gasteiger partial charge is 0.375 e. The molecule has 0 spiro atoms. The highest BCUT2D eigenvalue weighted by atomic mass is 16.5. The van der Waals surface area contributed by atoms with Crippen LogP contribution in [0.4, 0.5) is 0 Å². The van der Waals surface area contributed by atoms with Crippen molar-refractivity contribution >= 4 is 11.0 Å². The predicted molar refractivity (Wildman–Crippen MR) is 106 cm³/mol. The van der Waals surface area contributed by atoms with Crippen LogP contribution >= 0.6 is 0 Å². The van der Waals surface area contributed by atoms with E-state index in [-0.39, 0.29) is 17.1 Å².